The van der Waals surface area contributed by atoms with Gasteiger partial charge < -0.3 is 4.74 Å². The molecule has 1 aliphatic rings. The highest BCUT2D eigenvalue weighted by molar-refractivity contribution is 6.37. The third-order valence-electron chi connectivity index (χ3n) is 4.61. The molecule has 0 aliphatic heterocycles. The molecule has 1 saturated carbocycles. The van der Waals surface area contributed by atoms with Crippen molar-refractivity contribution in [2.24, 2.45) is 5.92 Å². The van der Waals surface area contributed by atoms with Crippen LogP contribution in [-0.4, -0.2) is 28.7 Å². The van der Waals surface area contributed by atoms with E-state index in [0.29, 0.717) is 5.02 Å². The first-order chi connectivity index (χ1) is 11.8. The van der Waals surface area contributed by atoms with Crippen LogP contribution < -0.4 is 0 Å². The Balaban J connectivity index is 1.65. The second kappa shape index (κ2) is 6.54. The Morgan fingerprint density at radius 2 is 1.96 bits per heavy atom. The number of aromatic nitrogens is 3. The molecular weight excluding hydrogens is 322 g/mol. The molecule has 124 valence electrons. The number of rotatable bonds is 6. The highest BCUT2D eigenvalue weighted by Gasteiger charge is 2.23. The van der Waals surface area contributed by atoms with E-state index in [1.807, 2.05) is 4.68 Å². The van der Waals surface area contributed by atoms with Crippen LogP contribution in [0.2, 0.25) is 5.02 Å². The van der Waals surface area contributed by atoms with Gasteiger partial charge in [0.2, 0.25) is 0 Å². The van der Waals surface area contributed by atoms with Gasteiger partial charge >= 0.3 is 0 Å². The van der Waals surface area contributed by atoms with E-state index in [9.17, 15) is 0 Å². The Morgan fingerprint density at radius 1 is 1.17 bits per heavy atom. The third kappa shape index (κ3) is 3.04. The van der Waals surface area contributed by atoms with E-state index in [4.69, 9.17) is 16.3 Å². The van der Waals surface area contributed by atoms with Gasteiger partial charge in [0.1, 0.15) is 5.52 Å². The quantitative estimate of drug-likeness (QED) is 0.669. The second-order valence-electron chi connectivity index (χ2n) is 6.45. The van der Waals surface area contributed by atoms with Gasteiger partial charge in [-0.3, -0.25) is 0 Å². The first-order valence-corrected chi connectivity index (χ1v) is 8.74. The van der Waals surface area contributed by atoms with Crippen LogP contribution in [0.15, 0.2) is 36.4 Å². The van der Waals surface area contributed by atoms with Crippen LogP contribution in [0.25, 0.3) is 22.2 Å². The Bertz CT molecular complexity index is 853. The fourth-order valence-corrected chi connectivity index (χ4v) is 3.29. The molecule has 5 heteroatoms. The van der Waals surface area contributed by atoms with Crippen LogP contribution in [-0.2, 0) is 17.7 Å². The fraction of sp³-hybridized carbons (Fsp3) is 0.368. The van der Waals surface area contributed by atoms with E-state index in [-0.39, 0.29) is 0 Å². The zero-order chi connectivity index (χ0) is 16.5. The standard InChI is InChI=1S/C19H20ClN3O/c1-24-11-10-13-4-6-15(7-5-13)16-8-9-17-19(18(16)20)21-22-23(17)12-14-2-3-14/h4-9,14H,2-3,10-12H2,1H3. The molecule has 0 radical (unpaired) electrons. The largest absolute Gasteiger partial charge is 0.384 e. The van der Waals surface area contributed by atoms with Crippen molar-refractivity contribution in [2.45, 2.75) is 25.8 Å². The van der Waals surface area contributed by atoms with Crippen molar-refractivity contribution in [2.75, 3.05) is 13.7 Å². The summed E-state index contributed by atoms with van der Waals surface area (Å²) in [7, 11) is 1.72. The van der Waals surface area contributed by atoms with Crippen molar-refractivity contribution in [3.05, 3.63) is 47.0 Å². The molecule has 2 aromatic carbocycles. The number of benzene rings is 2. The van der Waals surface area contributed by atoms with E-state index in [2.05, 4.69) is 46.7 Å². The minimum absolute atomic E-state index is 0.680. The summed E-state index contributed by atoms with van der Waals surface area (Å²) < 4.78 is 7.11. The Hall–Kier alpha value is -1.91. The predicted octanol–water partition coefficient (Wildman–Crippen LogP) is 4.35. The summed E-state index contributed by atoms with van der Waals surface area (Å²) in [5.41, 5.74) is 5.17. The summed E-state index contributed by atoms with van der Waals surface area (Å²) in [6.45, 7) is 1.68. The highest BCUT2D eigenvalue weighted by atomic mass is 35.5. The molecule has 1 fully saturated rings. The smallest absolute Gasteiger partial charge is 0.132 e. The minimum atomic E-state index is 0.680. The first-order valence-electron chi connectivity index (χ1n) is 8.36. The van der Waals surface area contributed by atoms with Crippen LogP contribution in [0.5, 0.6) is 0 Å². The van der Waals surface area contributed by atoms with Gasteiger partial charge in [-0.1, -0.05) is 47.1 Å². The monoisotopic (exact) mass is 341 g/mol. The summed E-state index contributed by atoms with van der Waals surface area (Å²) in [5.74, 6) is 0.757. The maximum Gasteiger partial charge on any atom is 0.132 e. The third-order valence-corrected chi connectivity index (χ3v) is 5.00. The van der Waals surface area contributed by atoms with Crippen molar-refractivity contribution in [1.29, 1.82) is 0 Å². The van der Waals surface area contributed by atoms with E-state index in [1.54, 1.807) is 7.11 Å². The van der Waals surface area contributed by atoms with Gasteiger partial charge in [-0.15, -0.1) is 5.10 Å². The summed E-state index contributed by atoms with van der Waals surface area (Å²) >= 11 is 6.63. The molecule has 1 aliphatic carbocycles. The second-order valence-corrected chi connectivity index (χ2v) is 6.83. The average Bonchev–Trinajstić information content (AvgIpc) is 3.33. The van der Waals surface area contributed by atoms with Gasteiger partial charge in [-0.05, 0) is 42.4 Å². The van der Waals surface area contributed by atoms with Gasteiger partial charge in [-0.25, -0.2) is 4.68 Å². The van der Waals surface area contributed by atoms with E-state index >= 15 is 0 Å². The molecule has 0 unspecified atom stereocenters. The maximum absolute atomic E-state index is 6.63. The number of nitrogens with zero attached hydrogens (tertiary/aromatic N) is 3. The molecule has 0 spiro atoms. The predicted molar refractivity (Wildman–Crippen MR) is 96.3 cm³/mol. The topological polar surface area (TPSA) is 39.9 Å². The summed E-state index contributed by atoms with van der Waals surface area (Å²) in [6, 6.07) is 12.6. The van der Waals surface area contributed by atoms with Crippen LogP contribution >= 0.6 is 11.6 Å². The number of hydrogen-bond donors (Lipinski definition) is 0. The molecule has 24 heavy (non-hydrogen) atoms. The number of fused-ring (bicyclic) bond motifs is 1. The normalized spacial score (nSPS) is 14.4. The Labute approximate surface area is 146 Å². The van der Waals surface area contributed by atoms with Crippen LogP contribution in [0.4, 0.5) is 0 Å². The van der Waals surface area contributed by atoms with Gasteiger partial charge in [0.05, 0.1) is 17.1 Å². The molecule has 4 nitrogen and oxygen atoms in total. The first kappa shape index (κ1) is 15.6. The lowest BCUT2D eigenvalue weighted by Gasteiger charge is -2.07. The van der Waals surface area contributed by atoms with Crippen LogP contribution in [0, 0.1) is 5.92 Å². The lowest BCUT2D eigenvalue weighted by molar-refractivity contribution is 0.202. The maximum atomic E-state index is 6.63. The number of hydrogen-bond acceptors (Lipinski definition) is 3. The molecule has 4 rings (SSSR count). The molecule has 0 saturated heterocycles. The number of halogens is 1. The molecule has 1 heterocycles. The van der Waals surface area contributed by atoms with Gasteiger partial charge in [0.25, 0.3) is 0 Å². The van der Waals surface area contributed by atoms with Crippen molar-refractivity contribution in [1.82, 2.24) is 15.0 Å². The number of ether oxygens (including phenoxy) is 1. The molecule has 0 bridgehead atoms. The van der Waals surface area contributed by atoms with Crippen molar-refractivity contribution < 1.29 is 4.74 Å². The zero-order valence-corrected chi connectivity index (χ0v) is 14.5. The molecule has 1 aromatic heterocycles. The lowest BCUT2D eigenvalue weighted by atomic mass is 10.0. The molecule has 3 aromatic rings. The minimum Gasteiger partial charge on any atom is -0.384 e. The van der Waals surface area contributed by atoms with Crippen molar-refractivity contribution in [3.63, 3.8) is 0 Å². The Morgan fingerprint density at radius 3 is 2.67 bits per heavy atom. The van der Waals surface area contributed by atoms with Crippen LogP contribution in [0.1, 0.15) is 18.4 Å². The summed E-state index contributed by atoms with van der Waals surface area (Å²) in [6.07, 6.45) is 3.50. The average molecular weight is 342 g/mol. The van der Waals surface area contributed by atoms with E-state index in [1.165, 1.54) is 18.4 Å². The molecule has 0 N–H and O–H groups in total. The van der Waals surface area contributed by atoms with Crippen LogP contribution in [0.3, 0.4) is 0 Å². The van der Waals surface area contributed by atoms with Gasteiger partial charge in [0, 0.05) is 19.2 Å². The van der Waals surface area contributed by atoms with E-state index in [0.717, 1.165) is 47.7 Å². The summed E-state index contributed by atoms with van der Waals surface area (Å²) in [5, 5.41) is 9.27. The van der Waals surface area contributed by atoms with E-state index < -0.39 is 0 Å². The zero-order valence-electron chi connectivity index (χ0n) is 13.7. The summed E-state index contributed by atoms with van der Waals surface area (Å²) in [4.78, 5) is 0. The SMILES string of the molecule is COCCc1ccc(-c2ccc3c(nnn3CC3CC3)c2Cl)cc1. The molecule has 0 atom stereocenters. The lowest BCUT2D eigenvalue weighted by Crippen LogP contribution is -2.01. The van der Waals surface area contributed by atoms with Crippen molar-refractivity contribution in [3.8, 4) is 11.1 Å². The highest BCUT2D eigenvalue weighted by Crippen LogP contribution is 2.35. The van der Waals surface area contributed by atoms with Gasteiger partial charge in [0.15, 0.2) is 0 Å². The Kier molecular flexibility index (Phi) is 4.25. The fourth-order valence-electron chi connectivity index (χ4n) is 2.98. The van der Waals surface area contributed by atoms with Crippen molar-refractivity contribution >= 4 is 22.6 Å². The molecule has 0 amide bonds. The molecular formula is C19H20ClN3O. The van der Waals surface area contributed by atoms with Gasteiger partial charge in [-0.2, -0.15) is 0 Å². The number of methoxy groups -OCH3 is 1.